The van der Waals surface area contributed by atoms with Gasteiger partial charge < -0.3 is 5.73 Å². The van der Waals surface area contributed by atoms with Crippen LogP contribution in [0.1, 0.15) is 29.3 Å². The largest absolute Gasteiger partial charge is 0.369 e. The second-order valence-electron chi connectivity index (χ2n) is 3.19. The molecule has 0 aliphatic heterocycles. The van der Waals surface area contributed by atoms with E-state index < -0.39 is 11.7 Å². The summed E-state index contributed by atoms with van der Waals surface area (Å²) in [6.45, 7) is 1.33. The summed E-state index contributed by atoms with van der Waals surface area (Å²) >= 11 is 0. The van der Waals surface area contributed by atoms with Crippen LogP contribution in [-0.2, 0) is 4.79 Å². The van der Waals surface area contributed by atoms with E-state index >= 15 is 0 Å². The molecule has 0 radical (unpaired) electrons. The third-order valence-electron chi connectivity index (χ3n) is 1.85. The van der Waals surface area contributed by atoms with E-state index in [-0.39, 0.29) is 17.8 Å². The summed E-state index contributed by atoms with van der Waals surface area (Å²) in [5.74, 6) is 3.82. The number of rotatable bonds is 2. The minimum atomic E-state index is -0.543. The Kier molecular flexibility index (Phi) is 3.78. The predicted molar refractivity (Wildman–Crippen MR) is 57.1 cm³/mol. The third-order valence-corrected chi connectivity index (χ3v) is 1.85. The van der Waals surface area contributed by atoms with Gasteiger partial charge in [0, 0.05) is 11.1 Å². The Balaban J connectivity index is 3.07. The first kappa shape index (κ1) is 11.9. The van der Waals surface area contributed by atoms with Crippen molar-refractivity contribution in [3.05, 3.63) is 35.1 Å². The average molecular weight is 219 g/mol. The van der Waals surface area contributed by atoms with Crippen LogP contribution < -0.4 is 5.73 Å². The molecule has 1 rings (SSSR count). The molecule has 0 spiro atoms. The second-order valence-corrected chi connectivity index (χ2v) is 3.19. The number of hydrogen-bond donors (Lipinski definition) is 1. The van der Waals surface area contributed by atoms with Crippen LogP contribution in [0.15, 0.2) is 18.2 Å². The van der Waals surface area contributed by atoms with E-state index in [0.29, 0.717) is 5.56 Å². The molecule has 0 fully saturated rings. The van der Waals surface area contributed by atoms with Gasteiger partial charge in [-0.2, -0.15) is 0 Å². The van der Waals surface area contributed by atoms with Gasteiger partial charge in [-0.05, 0) is 25.1 Å². The van der Waals surface area contributed by atoms with Crippen LogP contribution in [0.25, 0.3) is 0 Å². The number of carbonyl (C=O) groups excluding carboxylic acids is 2. The zero-order valence-corrected chi connectivity index (χ0v) is 8.71. The zero-order chi connectivity index (χ0) is 12.1. The highest BCUT2D eigenvalue weighted by atomic mass is 19.1. The van der Waals surface area contributed by atoms with Crippen LogP contribution in [0.2, 0.25) is 0 Å². The molecule has 1 aromatic rings. The van der Waals surface area contributed by atoms with Crippen molar-refractivity contribution in [2.75, 3.05) is 0 Å². The molecule has 0 unspecified atom stereocenters. The Bertz CT molecular complexity index is 497. The maximum atomic E-state index is 12.9. The Morgan fingerprint density at radius 1 is 1.44 bits per heavy atom. The number of primary amides is 1. The molecule has 16 heavy (non-hydrogen) atoms. The average Bonchev–Trinajstić information content (AvgIpc) is 2.19. The summed E-state index contributed by atoms with van der Waals surface area (Å²) in [4.78, 5) is 21.6. The number of benzene rings is 1. The second kappa shape index (κ2) is 5.08. The van der Waals surface area contributed by atoms with Crippen LogP contribution in [0, 0.1) is 17.7 Å². The number of amides is 1. The van der Waals surface area contributed by atoms with Crippen molar-refractivity contribution in [1.82, 2.24) is 0 Å². The highest BCUT2D eigenvalue weighted by molar-refractivity contribution is 5.96. The van der Waals surface area contributed by atoms with Crippen LogP contribution in [-0.4, -0.2) is 11.7 Å². The van der Waals surface area contributed by atoms with Gasteiger partial charge in [0.05, 0.1) is 6.42 Å². The topological polar surface area (TPSA) is 60.2 Å². The monoisotopic (exact) mass is 219 g/mol. The van der Waals surface area contributed by atoms with Gasteiger partial charge >= 0.3 is 0 Å². The highest BCUT2D eigenvalue weighted by Gasteiger charge is 2.06. The van der Waals surface area contributed by atoms with Gasteiger partial charge in [0.1, 0.15) is 5.82 Å². The van der Waals surface area contributed by atoms with Crippen molar-refractivity contribution >= 4 is 11.7 Å². The molecule has 0 bridgehead atoms. The van der Waals surface area contributed by atoms with Crippen molar-refractivity contribution in [1.29, 1.82) is 0 Å². The standard InChI is InChI=1S/C12H10FNO2/c1-8(15)11-7-10(13)6-5-9(11)3-2-4-12(14)16/h5-7H,4H2,1H3,(H2,14,16). The molecule has 3 nitrogen and oxygen atoms in total. The number of ketones is 1. The fraction of sp³-hybridized carbons (Fsp3) is 0.167. The Morgan fingerprint density at radius 3 is 2.69 bits per heavy atom. The molecule has 0 saturated carbocycles. The lowest BCUT2D eigenvalue weighted by atomic mass is 10.0. The zero-order valence-electron chi connectivity index (χ0n) is 8.71. The van der Waals surface area contributed by atoms with Gasteiger partial charge in [-0.15, -0.1) is 0 Å². The summed E-state index contributed by atoms with van der Waals surface area (Å²) < 4.78 is 12.9. The molecule has 0 aromatic heterocycles. The summed E-state index contributed by atoms with van der Waals surface area (Å²) in [5, 5.41) is 0. The summed E-state index contributed by atoms with van der Waals surface area (Å²) in [5.41, 5.74) is 5.51. The predicted octanol–water partition coefficient (Wildman–Crippen LogP) is 1.26. The third kappa shape index (κ3) is 3.21. The summed E-state index contributed by atoms with van der Waals surface area (Å²) in [7, 11) is 0. The normalized spacial score (nSPS) is 9.12. The maximum Gasteiger partial charge on any atom is 0.229 e. The number of nitrogens with two attached hydrogens (primary N) is 1. The Hall–Kier alpha value is -2.15. The lowest BCUT2D eigenvalue weighted by Gasteiger charge is -1.99. The molecule has 2 N–H and O–H groups in total. The first-order chi connectivity index (χ1) is 7.50. The van der Waals surface area contributed by atoms with Gasteiger partial charge in [0.2, 0.25) is 5.91 Å². The molecule has 0 atom stereocenters. The fourth-order valence-corrected chi connectivity index (χ4v) is 1.14. The number of halogens is 1. The summed E-state index contributed by atoms with van der Waals surface area (Å²) in [6.07, 6.45) is -0.0886. The smallest absolute Gasteiger partial charge is 0.229 e. The minimum Gasteiger partial charge on any atom is -0.369 e. The quantitative estimate of drug-likeness (QED) is 0.601. The molecule has 0 heterocycles. The van der Waals surface area contributed by atoms with Crippen molar-refractivity contribution in [2.45, 2.75) is 13.3 Å². The lowest BCUT2D eigenvalue weighted by molar-refractivity contribution is -0.117. The van der Waals surface area contributed by atoms with Crippen molar-refractivity contribution < 1.29 is 14.0 Å². The van der Waals surface area contributed by atoms with Gasteiger partial charge in [0.25, 0.3) is 0 Å². The van der Waals surface area contributed by atoms with Crippen LogP contribution >= 0.6 is 0 Å². The van der Waals surface area contributed by atoms with E-state index in [1.54, 1.807) is 0 Å². The van der Waals surface area contributed by atoms with Crippen molar-refractivity contribution in [3.63, 3.8) is 0 Å². The van der Waals surface area contributed by atoms with Crippen molar-refractivity contribution in [3.8, 4) is 11.8 Å². The number of Topliss-reactive ketones (excluding diaryl/α,β-unsaturated/α-hetero) is 1. The van der Waals surface area contributed by atoms with E-state index in [4.69, 9.17) is 5.73 Å². The first-order valence-electron chi connectivity index (χ1n) is 4.58. The molecule has 0 saturated heterocycles. The molecule has 1 aromatic carbocycles. The first-order valence-corrected chi connectivity index (χ1v) is 4.58. The minimum absolute atomic E-state index is 0.0886. The van der Waals surface area contributed by atoms with Gasteiger partial charge in [0.15, 0.2) is 5.78 Å². The fourth-order valence-electron chi connectivity index (χ4n) is 1.14. The van der Waals surface area contributed by atoms with Gasteiger partial charge in [-0.3, -0.25) is 9.59 Å². The lowest BCUT2D eigenvalue weighted by Crippen LogP contribution is -2.08. The Labute approximate surface area is 92.4 Å². The van der Waals surface area contributed by atoms with Gasteiger partial charge in [-0.1, -0.05) is 11.8 Å². The highest BCUT2D eigenvalue weighted by Crippen LogP contribution is 2.11. The van der Waals surface area contributed by atoms with Gasteiger partial charge in [-0.25, -0.2) is 4.39 Å². The Morgan fingerprint density at radius 2 is 2.12 bits per heavy atom. The van der Waals surface area contributed by atoms with E-state index in [1.807, 2.05) is 0 Å². The number of hydrogen-bond acceptors (Lipinski definition) is 2. The van der Waals surface area contributed by atoms with Crippen LogP contribution in [0.3, 0.4) is 0 Å². The van der Waals surface area contributed by atoms with Crippen LogP contribution in [0.4, 0.5) is 4.39 Å². The molecule has 0 aliphatic rings. The van der Waals surface area contributed by atoms with E-state index in [2.05, 4.69) is 11.8 Å². The molecule has 0 aliphatic carbocycles. The SMILES string of the molecule is CC(=O)c1cc(F)ccc1C#CCC(N)=O. The molecular weight excluding hydrogens is 209 g/mol. The van der Waals surface area contributed by atoms with Crippen molar-refractivity contribution in [2.24, 2.45) is 5.73 Å². The molecule has 82 valence electrons. The van der Waals surface area contributed by atoms with Crippen LogP contribution in [0.5, 0.6) is 0 Å². The van der Waals surface area contributed by atoms with E-state index in [1.165, 1.54) is 19.1 Å². The molecular formula is C12H10FNO2. The molecule has 4 heteroatoms. The maximum absolute atomic E-state index is 12.9. The van der Waals surface area contributed by atoms with E-state index in [9.17, 15) is 14.0 Å². The number of carbonyl (C=O) groups is 2. The van der Waals surface area contributed by atoms with E-state index in [0.717, 1.165) is 6.07 Å². The molecule has 1 amide bonds. The summed E-state index contributed by atoms with van der Waals surface area (Å²) in [6, 6.07) is 3.73.